The summed E-state index contributed by atoms with van der Waals surface area (Å²) < 4.78 is 46.0. The minimum absolute atomic E-state index is 0.329. The normalized spacial score (nSPS) is 14.2. The van der Waals surface area contributed by atoms with Gasteiger partial charge in [0.05, 0.1) is 4.90 Å². The minimum atomic E-state index is -4.71. The third-order valence-corrected chi connectivity index (χ3v) is 2.15. The zero-order valence-corrected chi connectivity index (χ0v) is 6.52. The van der Waals surface area contributed by atoms with Gasteiger partial charge in [-0.05, 0) is 12.1 Å². The first kappa shape index (κ1) is 9.18. The van der Waals surface area contributed by atoms with Crippen molar-refractivity contribution in [1.29, 1.82) is 0 Å². The van der Waals surface area contributed by atoms with Gasteiger partial charge in [0.1, 0.15) is 0 Å². The lowest BCUT2D eigenvalue weighted by Gasteiger charge is -2.04. The molecule has 0 aliphatic carbocycles. The zero-order chi connectivity index (χ0) is 9.19. The lowest BCUT2D eigenvalue weighted by Crippen LogP contribution is -2.16. The highest BCUT2D eigenvalue weighted by atomic mass is 32.2. The number of aromatic nitrogens is 1. The van der Waals surface area contributed by atoms with E-state index in [9.17, 15) is 17.4 Å². The van der Waals surface area contributed by atoms with E-state index in [-0.39, 0.29) is 4.90 Å². The highest BCUT2D eigenvalue weighted by Crippen LogP contribution is 2.25. The molecule has 2 nitrogen and oxygen atoms in total. The Morgan fingerprint density at radius 3 is 2.50 bits per heavy atom. The number of pyridine rings is 1. The molecule has 1 rings (SSSR count). The summed E-state index contributed by atoms with van der Waals surface area (Å²) in [7, 11) is -2.96. The maximum absolute atomic E-state index is 11.8. The van der Waals surface area contributed by atoms with Crippen LogP contribution in [0.1, 0.15) is 0 Å². The summed E-state index contributed by atoms with van der Waals surface area (Å²) in [4.78, 5) is 3.10. The largest absolute Gasteiger partial charge is 0.475 e. The number of alkyl halides is 3. The molecular formula is C6H4F3NOS. The average Bonchev–Trinajstić information content (AvgIpc) is 2.03. The van der Waals surface area contributed by atoms with Crippen LogP contribution in [0.5, 0.6) is 0 Å². The molecule has 1 unspecified atom stereocenters. The van der Waals surface area contributed by atoms with E-state index in [0.717, 1.165) is 12.3 Å². The third kappa shape index (κ3) is 2.04. The first-order valence-corrected chi connectivity index (χ1v) is 4.05. The Hall–Kier alpha value is -0.910. The molecule has 0 saturated carbocycles. The van der Waals surface area contributed by atoms with Crippen molar-refractivity contribution in [3.8, 4) is 0 Å². The van der Waals surface area contributed by atoms with Crippen LogP contribution in [-0.4, -0.2) is 14.7 Å². The molecule has 0 spiro atoms. The fraction of sp³-hybridized carbons (Fsp3) is 0.167. The molecule has 0 aromatic carbocycles. The van der Waals surface area contributed by atoms with Crippen molar-refractivity contribution in [2.45, 2.75) is 10.4 Å². The van der Waals surface area contributed by atoms with Crippen molar-refractivity contribution in [2.75, 3.05) is 0 Å². The van der Waals surface area contributed by atoms with E-state index >= 15 is 0 Å². The summed E-state index contributed by atoms with van der Waals surface area (Å²) in [6, 6.07) is 2.43. The molecule has 0 saturated heterocycles. The van der Waals surface area contributed by atoms with Gasteiger partial charge in [-0.1, -0.05) is 0 Å². The summed E-state index contributed by atoms with van der Waals surface area (Å²) in [6.45, 7) is 0. The second-order valence-corrected chi connectivity index (χ2v) is 3.37. The minimum Gasteiger partial charge on any atom is -0.263 e. The molecule has 1 heterocycles. The van der Waals surface area contributed by atoms with Crippen molar-refractivity contribution in [2.24, 2.45) is 0 Å². The molecule has 0 fully saturated rings. The predicted octanol–water partition coefficient (Wildman–Crippen LogP) is 1.71. The standard InChI is InChI=1S/C6H4F3NOS/c7-6(8,9)12(11)5-2-1-3-10-4-5/h1-4H. The lowest BCUT2D eigenvalue weighted by molar-refractivity contribution is -0.0384. The van der Waals surface area contributed by atoms with Gasteiger partial charge in [0.15, 0.2) is 10.8 Å². The van der Waals surface area contributed by atoms with Gasteiger partial charge in [-0.25, -0.2) is 4.21 Å². The molecule has 0 aliphatic rings. The van der Waals surface area contributed by atoms with Gasteiger partial charge < -0.3 is 0 Å². The average molecular weight is 195 g/mol. The molecule has 0 N–H and O–H groups in total. The fourth-order valence-corrected chi connectivity index (χ4v) is 1.22. The Morgan fingerprint density at radius 1 is 1.42 bits per heavy atom. The van der Waals surface area contributed by atoms with Crippen LogP contribution in [0.4, 0.5) is 13.2 Å². The van der Waals surface area contributed by atoms with Crippen molar-refractivity contribution in [3.05, 3.63) is 24.5 Å². The molecule has 0 aliphatic heterocycles. The SMILES string of the molecule is O=S(c1cccnc1)C(F)(F)F. The maximum Gasteiger partial charge on any atom is 0.475 e. The molecule has 66 valence electrons. The number of nitrogens with zero attached hydrogens (tertiary/aromatic N) is 1. The molecule has 12 heavy (non-hydrogen) atoms. The Bertz CT molecular complexity index is 285. The van der Waals surface area contributed by atoms with Crippen LogP contribution >= 0.6 is 0 Å². The molecule has 1 aromatic heterocycles. The molecule has 0 amide bonds. The van der Waals surface area contributed by atoms with Crippen molar-refractivity contribution in [3.63, 3.8) is 0 Å². The van der Waals surface area contributed by atoms with Crippen LogP contribution in [-0.2, 0) is 10.8 Å². The number of hydrogen-bond donors (Lipinski definition) is 0. The van der Waals surface area contributed by atoms with Gasteiger partial charge in [-0.15, -0.1) is 0 Å². The first-order chi connectivity index (χ1) is 5.52. The van der Waals surface area contributed by atoms with Crippen LogP contribution in [0, 0.1) is 0 Å². The van der Waals surface area contributed by atoms with E-state index in [1.165, 1.54) is 12.3 Å². The monoisotopic (exact) mass is 195 g/mol. The molecule has 0 radical (unpaired) electrons. The second-order valence-electron chi connectivity index (χ2n) is 1.90. The van der Waals surface area contributed by atoms with Gasteiger partial charge in [-0.3, -0.25) is 4.98 Å². The van der Waals surface area contributed by atoms with Crippen LogP contribution in [0.2, 0.25) is 0 Å². The van der Waals surface area contributed by atoms with Crippen LogP contribution in [0.15, 0.2) is 29.4 Å². The smallest absolute Gasteiger partial charge is 0.263 e. The summed E-state index contributed by atoms with van der Waals surface area (Å²) in [5.74, 6) is 0. The fourth-order valence-electron chi connectivity index (χ4n) is 0.590. The van der Waals surface area contributed by atoms with E-state index < -0.39 is 16.3 Å². The Morgan fingerprint density at radius 2 is 2.08 bits per heavy atom. The maximum atomic E-state index is 11.8. The predicted molar refractivity (Wildman–Crippen MR) is 36.7 cm³/mol. The van der Waals surface area contributed by atoms with Crippen molar-refractivity contribution >= 4 is 10.8 Å². The highest BCUT2D eigenvalue weighted by molar-refractivity contribution is 7.86. The summed E-state index contributed by atoms with van der Waals surface area (Å²) >= 11 is 0. The third-order valence-electron chi connectivity index (χ3n) is 1.06. The number of halogens is 3. The van der Waals surface area contributed by atoms with Gasteiger partial charge in [0.25, 0.3) is 0 Å². The Balaban J connectivity index is 2.94. The van der Waals surface area contributed by atoms with Gasteiger partial charge >= 0.3 is 5.51 Å². The van der Waals surface area contributed by atoms with E-state index in [0.29, 0.717) is 0 Å². The van der Waals surface area contributed by atoms with Gasteiger partial charge in [-0.2, -0.15) is 13.2 Å². The topological polar surface area (TPSA) is 30.0 Å². The molecule has 0 bridgehead atoms. The quantitative estimate of drug-likeness (QED) is 0.682. The summed E-state index contributed by atoms with van der Waals surface area (Å²) in [5.41, 5.74) is -4.71. The van der Waals surface area contributed by atoms with Gasteiger partial charge in [0.2, 0.25) is 0 Å². The molecular weight excluding hydrogens is 191 g/mol. The number of rotatable bonds is 1. The zero-order valence-electron chi connectivity index (χ0n) is 5.71. The second kappa shape index (κ2) is 3.22. The van der Waals surface area contributed by atoms with Crippen LogP contribution in [0.25, 0.3) is 0 Å². The first-order valence-electron chi connectivity index (χ1n) is 2.90. The number of hydrogen-bond acceptors (Lipinski definition) is 2. The van der Waals surface area contributed by atoms with E-state index in [1.807, 2.05) is 0 Å². The van der Waals surface area contributed by atoms with E-state index in [1.54, 1.807) is 0 Å². The molecule has 1 aromatic rings. The van der Waals surface area contributed by atoms with Crippen LogP contribution < -0.4 is 0 Å². The Labute approximate surface area is 68.9 Å². The highest BCUT2D eigenvalue weighted by Gasteiger charge is 2.37. The molecule has 6 heteroatoms. The van der Waals surface area contributed by atoms with Crippen LogP contribution in [0.3, 0.4) is 0 Å². The van der Waals surface area contributed by atoms with Crippen molar-refractivity contribution < 1.29 is 17.4 Å². The summed E-state index contributed by atoms with van der Waals surface area (Å²) in [6.07, 6.45) is 2.25. The van der Waals surface area contributed by atoms with E-state index in [4.69, 9.17) is 0 Å². The van der Waals surface area contributed by atoms with Crippen molar-refractivity contribution in [1.82, 2.24) is 4.98 Å². The molecule has 1 atom stereocenters. The van der Waals surface area contributed by atoms with E-state index in [2.05, 4.69) is 4.98 Å². The summed E-state index contributed by atoms with van der Waals surface area (Å²) in [5, 5.41) is 0. The Kier molecular flexibility index (Phi) is 2.46. The van der Waals surface area contributed by atoms with Gasteiger partial charge in [0, 0.05) is 12.4 Å². The lowest BCUT2D eigenvalue weighted by atomic mass is 10.5.